The number of nitrogens with two attached hydrogens (primary N) is 1. The van der Waals surface area contributed by atoms with Crippen molar-refractivity contribution in [1.29, 1.82) is 0 Å². The first-order valence-corrected chi connectivity index (χ1v) is 8.03. The van der Waals surface area contributed by atoms with Crippen LogP contribution in [0.1, 0.15) is 31.2 Å². The number of nitrogens with one attached hydrogen (secondary N) is 1. The van der Waals surface area contributed by atoms with Crippen LogP contribution in [-0.4, -0.2) is 24.5 Å². The Bertz CT molecular complexity index is 363. The molecule has 1 aromatic rings. The molecule has 3 N–H and O–H groups in total. The van der Waals surface area contributed by atoms with Crippen molar-refractivity contribution in [2.45, 2.75) is 49.6 Å². The molecule has 106 valence electrons. The molecule has 0 saturated carbocycles. The number of hydrogen-bond acceptors (Lipinski definition) is 4. The molecule has 0 amide bonds. The van der Waals surface area contributed by atoms with E-state index in [0.29, 0.717) is 12.1 Å². The van der Waals surface area contributed by atoms with Crippen molar-refractivity contribution in [3.8, 4) is 0 Å². The van der Waals surface area contributed by atoms with Gasteiger partial charge in [0.2, 0.25) is 0 Å². The van der Waals surface area contributed by atoms with Crippen LogP contribution in [0.25, 0.3) is 0 Å². The van der Waals surface area contributed by atoms with Crippen LogP contribution in [0.4, 0.5) is 0 Å². The fourth-order valence-corrected chi connectivity index (χ4v) is 3.29. The number of hydrazine groups is 1. The predicted molar refractivity (Wildman–Crippen MR) is 81.2 cm³/mol. The van der Waals surface area contributed by atoms with Crippen LogP contribution in [0.15, 0.2) is 29.2 Å². The molecule has 0 aliphatic carbocycles. The van der Waals surface area contributed by atoms with Gasteiger partial charge in [-0.05, 0) is 44.7 Å². The van der Waals surface area contributed by atoms with Gasteiger partial charge in [0.15, 0.2) is 0 Å². The van der Waals surface area contributed by atoms with Gasteiger partial charge in [0.1, 0.15) is 0 Å². The topological polar surface area (TPSA) is 47.3 Å². The van der Waals surface area contributed by atoms with Gasteiger partial charge in [-0.25, -0.2) is 0 Å². The average molecular weight is 280 g/mol. The van der Waals surface area contributed by atoms with Gasteiger partial charge in [0, 0.05) is 23.3 Å². The van der Waals surface area contributed by atoms with Crippen molar-refractivity contribution >= 4 is 11.8 Å². The Labute approximate surface area is 120 Å². The molecule has 2 rings (SSSR count). The van der Waals surface area contributed by atoms with E-state index in [9.17, 15) is 0 Å². The van der Waals surface area contributed by atoms with Gasteiger partial charge >= 0.3 is 0 Å². The molecule has 1 heterocycles. The lowest BCUT2D eigenvalue weighted by molar-refractivity contribution is 0.100. The van der Waals surface area contributed by atoms with E-state index in [1.165, 1.54) is 23.3 Å². The van der Waals surface area contributed by atoms with Gasteiger partial charge in [-0.1, -0.05) is 17.7 Å². The summed E-state index contributed by atoms with van der Waals surface area (Å²) in [5, 5.41) is 0. The molecule has 4 heteroatoms. The Morgan fingerprint density at radius 1 is 1.42 bits per heavy atom. The van der Waals surface area contributed by atoms with Crippen molar-refractivity contribution < 1.29 is 4.74 Å². The summed E-state index contributed by atoms with van der Waals surface area (Å²) in [7, 11) is 0. The normalized spacial score (nSPS) is 20.6. The lowest BCUT2D eigenvalue weighted by atomic mass is 10.1. The van der Waals surface area contributed by atoms with E-state index < -0.39 is 0 Å². The first-order chi connectivity index (χ1) is 9.28. The molecule has 1 fully saturated rings. The summed E-state index contributed by atoms with van der Waals surface area (Å²) in [6, 6.07) is 9.01. The summed E-state index contributed by atoms with van der Waals surface area (Å²) >= 11 is 1.86. The molecule has 0 bridgehead atoms. The highest BCUT2D eigenvalue weighted by atomic mass is 32.2. The molecule has 0 radical (unpaired) electrons. The number of rotatable bonds is 7. The fourth-order valence-electron chi connectivity index (χ4n) is 2.31. The first-order valence-electron chi connectivity index (χ1n) is 7.05. The SMILES string of the molecule is Cc1ccc(SCC(CCC2CCCO2)NN)cc1. The Kier molecular flexibility index (Phi) is 6.17. The minimum atomic E-state index is 0.357. The molecule has 19 heavy (non-hydrogen) atoms. The maximum atomic E-state index is 5.65. The Morgan fingerprint density at radius 2 is 2.21 bits per heavy atom. The number of benzene rings is 1. The van der Waals surface area contributed by atoms with Gasteiger partial charge in [-0.2, -0.15) is 0 Å². The number of ether oxygens (including phenoxy) is 1. The van der Waals surface area contributed by atoms with E-state index in [-0.39, 0.29) is 0 Å². The van der Waals surface area contributed by atoms with E-state index in [1.807, 2.05) is 11.8 Å². The molecule has 1 saturated heterocycles. The van der Waals surface area contributed by atoms with E-state index >= 15 is 0 Å². The lowest BCUT2D eigenvalue weighted by Gasteiger charge is -2.17. The maximum absolute atomic E-state index is 5.65. The summed E-state index contributed by atoms with van der Waals surface area (Å²) < 4.78 is 5.65. The van der Waals surface area contributed by atoms with Crippen LogP contribution in [-0.2, 0) is 4.74 Å². The molecular weight excluding hydrogens is 256 g/mol. The Balaban J connectivity index is 1.70. The third-order valence-corrected chi connectivity index (χ3v) is 4.74. The van der Waals surface area contributed by atoms with Crippen LogP contribution in [0, 0.1) is 6.92 Å². The third-order valence-electron chi connectivity index (χ3n) is 3.57. The van der Waals surface area contributed by atoms with E-state index in [0.717, 1.165) is 25.2 Å². The van der Waals surface area contributed by atoms with Crippen molar-refractivity contribution in [3.63, 3.8) is 0 Å². The van der Waals surface area contributed by atoms with Crippen molar-refractivity contribution in [2.75, 3.05) is 12.4 Å². The fraction of sp³-hybridized carbons (Fsp3) is 0.600. The Hall–Kier alpha value is -0.550. The largest absolute Gasteiger partial charge is 0.378 e. The minimum absolute atomic E-state index is 0.357. The highest BCUT2D eigenvalue weighted by molar-refractivity contribution is 7.99. The quantitative estimate of drug-likeness (QED) is 0.458. The molecule has 1 aliphatic rings. The van der Waals surface area contributed by atoms with E-state index in [1.54, 1.807) is 0 Å². The Morgan fingerprint density at radius 3 is 2.84 bits per heavy atom. The molecule has 1 aromatic carbocycles. The molecule has 2 unspecified atom stereocenters. The second-order valence-electron chi connectivity index (χ2n) is 5.20. The van der Waals surface area contributed by atoms with Crippen molar-refractivity contribution in [1.82, 2.24) is 5.43 Å². The zero-order chi connectivity index (χ0) is 13.5. The molecule has 1 aliphatic heterocycles. The zero-order valence-electron chi connectivity index (χ0n) is 11.6. The lowest BCUT2D eigenvalue weighted by Crippen LogP contribution is -2.37. The molecule has 0 spiro atoms. The summed E-state index contributed by atoms with van der Waals surface area (Å²) in [6.07, 6.45) is 5.08. The van der Waals surface area contributed by atoms with Gasteiger partial charge in [-0.3, -0.25) is 11.3 Å². The van der Waals surface area contributed by atoms with E-state index in [2.05, 4.69) is 36.6 Å². The molecule has 2 atom stereocenters. The second-order valence-corrected chi connectivity index (χ2v) is 6.29. The maximum Gasteiger partial charge on any atom is 0.0576 e. The number of hydrogen-bond donors (Lipinski definition) is 2. The second kappa shape index (κ2) is 7.90. The summed E-state index contributed by atoms with van der Waals surface area (Å²) in [4.78, 5) is 1.31. The average Bonchev–Trinajstić information content (AvgIpc) is 2.94. The number of thioether (sulfide) groups is 1. The minimum Gasteiger partial charge on any atom is -0.378 e. The summed E-state index contributed by atoms with van der Waals surface area (Å²) in [5.41, 5.74) is 4.23. The third kappa shape index (κ3) is 5.15. The molecule has 3 nitrogen and oxygen atoms in total. The van der Waals surface area contributed by atoms with Gasteiger partial charge in [0.05, 0.1) is 6.10 Å². The smallest absolute Gasteiger partial charge is 0.0576 e. The summed E-state index contributed by atoms with van der Waals surface area (Å²) in [5.74, 6) is 6.65. The van der Waals surface area contributed by atoms with Gasteiger partial charge < -0.3 is 4.74 Å². The van der Waals surface area contributed by atoms with Crippen LogP contribution < -0.4 is 11.3 Å². The van der Waals surface area contributed by atoms with Gasteiger partial charge in [-0.15, -0.1) is 11.8 Å². The first kappa shape index (κ1) is 14.9. The summed E-state index contributed by atoms with van der Waals surface area (Å²) in [6.45, 7) is 3.05. The van der Waals surface area contributed by atoms with Crippen molar-refractivity contribution in [3.05, 3.63) is 29.8 Å². The van der Waals surface area contributed by atoms with Crippen LogP contribution in [0.3, 0.4) is 0 Å². The van der Waals surface area contributed by atoms with E-state index in [4.69, 9.17) is 10.6 Å². The highest BCUT2D eigenvalue weighted by Gasteiger charge is 2.17. The monoisotopic (exact) mass is 280 g/mol. The van der Waals surface area contributed by atoms with Crippen LogP contribution >= 0.6 is 11.8 Å². The van der Waals surface area contributed by atoms with Crippen molar-refractivity contribution in [2.24, 2.45) is 5.84 Å². The molecular formula is C15H24N2OS. The molecule has 0 aromatic heterocycles. The van der Waals surface area contributed by atoms with Crippen LogP contribution in [0.2, 0.25) is 0 Å². The predicted octanol–water partition coefficient (Wildman–Crippen LogP) is 2.88. The standard InChI is InChI=1S/C15H24N2OS/c1-12-4-8-15(9-5-12)19-11-13(17-16)6-7-14-3-2-10-18-14/h4-5,8-9,13-14,17H,2-3,6-7,10-11,16H2,1H3. The van der Waals surface area contributed by atoms with Gasteiger partial charge in [0.25, 0.3) is 0 Å². The zero-order valence-corrected chi connectivity index (χ0v) is 12.4. The van der Waals surface area contributed by atoms with Crippen LogP contribution in [0.5, 0.6) is 0 Å². The number of aryl methyl sites for hydroxylation is 1. The highest BCUT2D eigenvalue weighted by Crippen LogP contribution is 2.22.